The lowest BCUT2D eigenvalue weighted by Crippen LogP contribution is -2.32. The van der Waals surface area contributed by atoms with Crippen molar-refractivity contribution in [2.45, 2.75) is 45.2 Å². The standard InChI is InChI=1S/C14H23N3/c1-12-6-4-3-5-9-17(12)14-7-8-16-13(10-14)11-15-2/h7-8,10,12,15H,3-6,9,11H2,1-2H3. The van der Waals surface area contributed by atoms with Gasteiger partial charge in [-0.15, -0.1) is 0 Å². The molecule has 1 fully saturated rings. The van der Waals surface area contributed by atoms with Gasteiger partial charge in [0.1, 0.15) is 0 Å². The van der Waals surface area contributed by atoms with E-state index in [1.807, 2.05) is 13.2 Å². The molecule has 1 aliphatic rings. The third-order valence-electron chi connectivity index (χ3n) is 3.54. The largest absolute Gasteiger partial charge is 0.369 e. The molecule has 0 aliphatic carbocycles. The molecule has 94 valence electrons. The summed E-state index contributed by atoms with van der Waals surface area (Å²) in [5.74, 6) is 0. The smallest absolute Gasteiger partial charge is 0.0562 e. The Bertz CT molecular complexity index is 351. The number of anilines is 1. The number of pyridine rings is 1. The molecular weight excluding hydrogens is 210 g/mol. The molecular formula is C14H23N3. The second kappa shape index (κ2) is 6.01. The van der Waals surface area contributed by atoms with Crippen molar-refractivity contribution in [3.05, 3.63) is 24.0 Å². The van der Waals surface area contributed by atoms with Crippen molar-refractivity contribution in [1.82, 2.24) is 10.3 Å². The average molecular weight is 233 g/mol. The second-order valence-corrected chi connectivity index (χ2v) is 4.93. The van der Waals surface area contributed by atoms with Crippen LogP contribution in [0.15, 0.2) is 18.3 Å². The minimum Gasteiger partial charge on any atom is -0.369 e. The molecule has 2 rings (SSSR count). The first kappa shape index (κ1) is 12.4. The van der Waals surface area contributed by atoms with E-state index in [9.17, 15) is 0 Å². The monoisotopic (exact) mass is 233 g/mol. The highest BCUT2D eigenvalue weighted by Gasteiger charge is 2.17. The van der Waals surface area contributed by atoms with Crippen molar-refractivity contribution in [2.75, 3.05) is 18.5 Å². The van der Waals surface area contributed by atoms with Crippen LogP contribution < -0.4 is 10.2 Å². The Labute approximate surface area is 104 Å². The molecule has 0 radical (unpaired) electrons. The lowest BCUT2D eigenvalue weighted by atomic mass is 10.1. The highest BCUT2D eigenvalue weighted by Crippen LogP contribution is 2.24. The van der Waals surface area contributed by atoms with Crippen molar-refractivity contribution in [1.29, 1.82) is 0 Å². The second-order valence-electron chi connectivity index (χ2n) is 4.93. The minimum absolute atomic E-state index is 0.655. The quantitative estimate of drug-likeness (QED) is 0.869. The highest BCUT2D eigenvalue weighted by molar-refractivity contribution is 5.47. The SMILES string of the molecule is CNCc1cc(N2CCCCCC2C)ccn1. The molecule has 3 heteroatoms. The summed E-state index contributed by atoms with van der Waals surface area (Å²) in [5, 5.41) is 3.16. The van der Waals surface area contributed by atoms with Crippen LogP contribution in [0.4, 0.5) is 5.69 Å². The lowest BCUT2D eigenvalue weighted by molar-refractivity contribution is 0.615. The first-order chi connectivity index (χ1) is 8.31. The maximum Gasteiger partial charge on any atom is 0.0562 e. The van der Waals surface area contributed by atoms with Crippen LogP contribution in [0.5, 0.6) is 0 Å². The molecule has 1 aliphatic heterocycles. The van der Waals surface area contributed by atoms with Crippen molar-refractivity contribution >= 4 is 5.69 Å². The summed E-state index contributed by atoms with van der Waals surface area (Å²) in [7, 11) is 1.96. The Morgan fingerprint density at radius 2 is 2.29 bits per heavy atom. The Kier molecular flexibility index (Phi) is 4.37. The predicted molar refractivity (Wildman–Crippen MR) is 72.3 cm³/mol. The summed E-state index contributed by atoms with van der Waals surface area (Å²) in [5.41, 5.74) is 2.46. The van der Waals surface area contributed by atoms with E-state index >= 15 is 0 Å². The van der Waals surface area contributed by atoms with Crippen molar-refractivity contribution in [3.8, 4) is 0 Å². The van der Waals surface area contributed by atoms with Gasteiger partial charge in [-0.2, -0.15) is 0 Å². The van der Waals surface area contributed by atoms with Gasteiger partial charge in [-0.25, -0.2) is 0 Å². The molecule has 0 spiro atoms. The van der Waals surface area contributed by atoms with E-state index < -0.39 is 0 Å². The Morgan fingerprint density at radius 1 is 1.41 bits per heavy atom. The van der Waals surface area contributed by atoms with Crippen molar-refractivity contribution in [3.63, 3.8) is 0 Å². The third-order valence-corrected chi connectivity index (χ3v) is 3.54. The zero-order valence-corrected chi connectivity index (χ0v) is 10.9. The van der Waals surface area contributed by atoms with E-state index in [1.54, 1.807) is 0 Å². The summed E-state index contributed by atoms with van der Waals surface area (Å²) in [6.45, 7) is 4.36. The van der Waals surface area contributed by atoms with Crippen molar-refractivity contribution in [2.24, 2.45) is 0 Å². The topological polar surface area (TPSA) is 28.2 Å². The fraction of sp³-hybridized carbons (Fsp3) is 0.643. The van der Waals surface area contributed by atoms with Crippen LogP contribution in [0, 0.1) is 0 Å². The number of aromatic nitrogens is 1. The zero-order valence-electron chi connectivity index (χ0n) is 10.9. The average Bonchev–Trinajstić information content (AvgIpc) is 2.55. The van der Waals surface area contributed by atoms with Gasteiger partial charge in [-0.05, 0) is 38.9 Å². The summed E-state index contributed by atoms with van der Waals surface area (Å²) in [6.07, 6.45) is 7.29. The van der Waals surface area contributed by atoms with Gasteiger partial charge in [0, 0.05) is 31.0 Å². The fourth-order valence-corrected chi connectivity index (χ4v) is 2.58. The van der Waals surface area contributed by atoms with Crippen LogP contribution in [0.1, 0.15) is 38.3 Å². The van der Waals surface area contributed by atoms with E-state index in [1.165, 1.54) is 37.9 Å². The minimum atomic E-state index is 0.655. The lowest BCUT2D eigenvalue weighted by Gasteiger charge is -2.29. The van der Waals surface area contributed by atoms with Gasteiger partial charge >= 0.3 is 0 Å². The van der Waals surface area contributed by atoms with Gasteiger partial charge < -0.3 is 10.2 Å². The molecule has 0 bridgehead atoms. The Morgan fingerprint density at radius 3 is 3.12 bits per heavy atom. The number of hydrogen-bond donors (Lipinski definition) is 1. The van der Waals surface area contributed by atoms with Crippen LogP contribution in [-0.4, -0.2) is 24.6 Å². The van der Waals surface area contributed by atoms with Gasteiger partial charge in [0.05, 0.1) is 5.69 Å². The maximum atomic E-state index is 4.38. The third kappa shape index (κ3) is 3.19. The summed E-state index contributed by atoms with van der Waals surface area (Å²) in [6, 6.07) is 5.02. The van der Waals surface area contributed by atoms with Crippen LogP contribution in [0.25, 0.3) is 0 Å². The van der Waals surface area contributed by atoms with Crippen LogP contribution in [0.3, 0.4) is 0 Å². The van der Waals surface area contributed by atoms with E-state index in [0.29, 0.717) is 6.04 Å². The first-order valence-corrected chi connectivity index (χ1v) is 6.67. The summed E-state index contributed by atoms with van der Waals surface area (Å²) >= 11 is 0. The van der Waals surface area contributed by atoms with E-state index in [2.05, 4.69) is 34.3 Å². The summed E-state index contributed by atoms with van der Waals surface area (Å²) < 4.78 is 0. The van der Waals surface area contributed by atoms with E-state index in [-0.39, 0.29) is 0 Å². The molecule has 1 N–H and O–H groups in total. The number of nitrogens with one attached hydrogen (secondary N) is 1. The van der Waals surface area contributed by atoms with Crippen LogP contribution >= 0.6 is 0 Å². The van der Waals surface area contributed by atoms with Gasteiger partial charge in [0.2, 0.25) is 0 Å². The molecule has 1 saturated heterocycles. The van der Waals surface area contributed by atoms with Gasteiger partial charge in [0.15, 0.2) is 0 Å². The Balaban J connectivity index is 2.16. The molecule has 1 aromatic heterocycles. The number of nitrogens with zero attached hydrogens (tertiary/aromatic N) is 2. The predicted octanol–water partition coefficient (Wildman–Crippen LogP) is 2.57. The molecule has 1 atom stereocenters. The molecule has 2 heterocycles. The highest BCUT2D eigenvalue weighted by atomic mass is 15.2. The van der Waals surface area contributed by atoms with Crippen LogP contribution in [-0.2, 0) is 6.54 Å². The molecule has 0 aromatic carbocycles. The van der Waals surface area contributed by atoms with Gasteiger partial charge in [0.25, 0.3) is 0 Å². The van der Waals surface area contributed by atoms with Gasteiger partial charge in [-0.1, -0.05) is 12.8 Å². The van der Waals surface area contributed by atoms with E-state index in [0.717, 1.165) is 12.2 Å². The van der Waals surface area contributed by atoms with Gasteiger partial charge in [-0.3, -0.25) is 4.98 Å². The molecule has 1 unspecified atom stereocenters. The van der Waals surface area contributed by atoms with E-state index in [4.69, 9.17) is 0 Å². The summed E-state index contributed by atoms with van der Waals surface area (Å²) in [4.78, 5) is 6.92. The number of rotatable bonds is 3. The Hall–Kier alpha value is -1.09. The zero-order chi connectivity index (χ0) is 12.1. The van der Waals surface area contributed by atoms with Crippen LogP contribution in [0.2, 0.25) is 0 Å². The molecule has 1 aromatic rings. The normalized spacial score (nSPS) is 21.3. The number of hydrogen-bond acceptors (Lipinski definition) is 3. The molecule has 3 nitrogen and oxygen atoms in total. The molecule has 17 heavy (non-hydrogen) atoms. The molecule has 0 saturated carbocycles. The fourth-order valence-electron chi connectivity index (χ4n) is 2.58. The molecule has 0 amide bonds. The maximum absolute atomic E-state index is 4.38. The first-order valence-electron chi connectivity index (χ1n) is 6.67. The van der Waals surface area contributed by atoms with Crippen molar-refractivity contribution < 1.29 is 0 Å².